The van der Waals surface area contributed by atoms with Crippen LogP contribution in [0.15, 0.2) is 30.3 Å². The molecule has 2 aromatic rings. The van der Waals surface area contributed by atoms with E-state index in [9.17, 15) is 18.3 Å². The monoisotopic (exact) mass is 380 g/mol. The summed E-state index contributed by atoms with van der Waals surface area (Å²) < 4.78 is 24.8. The zero-order valence-electron chi connectivity index (χ0n) is 13.5. The molecule has 0 unspecified atom stereocenters. The zero-order valence-corrected chi connectivity index (χ0v) is 15.1. The molecule has 0 bridgehead atoms. The van der Waals surface area contributed by atoms with Crippen LogP contribution in [0.4, 0.5) is 0 Å². The highest BCUT2D eigenvalue weighted by Gasteiger charge is 2.31. The maximum atomic E-state index is 12.2. The molecule has 1 N–H and O–H groups in total. The number of hydrogen-bond donors (Lipinski definition) is 1. The number of allylic oxidation sites excluding steroid dienone is 1. The molecule has 2 heterocycles. The Labute approximate surface area is 150 Å². The number of hydrogen-bond acceptors (Lipinski definition) is 5. The third kappa shape index (κ3) is 3.77. The van der Waals surface area contributed by atoms with Gasteiger partial charge in [0.05, 0.1) is 23.2 Å². The molecule has 1 aliphatic rings. The second-order valence-corrected chi connectivity index (χ2v) is 8.63. The van der Waals surface area contributed by atoms with E-state index >= 15 is 0 Å². The third-order valence-electron chi connectivity index (χ3n) is 4.16. The SMILES string of the molecule is Cc1nn([C@@H]2CCS(=O)(=O)C2)c(Cl)c1/C=C/C(=O)c1cccc(O)c1. The number of aromatic nitrogens is 2. The molecule has 0 radical (unpaired) electrons. The Hall–Kier alpha value is -2.12. The molecule has 6 nitrogen and oxygen atoms in total. The summed E-state index contributed by atoms with van der Waals surface area (Å²) in [5.74, 6) is -0.0981. The maximum absolute atomic E-state index is 12.2. The minimum atomic E-state index is -3.05. The van der Waals surface area contributed by atoms with Crippen molar-refractivity contribution in [1.82, 2.24) is 9.78 Å². The summed E-state index contributed by atoms with van der Waals surface area (Å²) in [6.07, 6.45) is 3.41. The van der Waals surface area contributed by atoms with Crippen LogP contribution in [0.1, 0.15) is 34.1 Å². The van der Waals surface area contributed by atoms with Crippen LogP contribution in [0, 0.1) is 6.92 Å². The Morgan fingerprint density at radius 1 is 1.44 bits per heavy atom. The number of phenols is 1. The van der Waals surface area contributed by atoms with Crippen LogP contribution in [-0.2, 0) is 9.84 Å². The van der Waals surface area contributed by atoms with Crippen LogP contribution in [0.2, 0.25) is 5.15 Å². The lowest BCUT2D eigenvalue weighted by molar-refractivity contribution is 0.104. The number of phenolic OH excluding ortho intramolecular Hbond substituents is 1. The first-order valence-electron chi connectivity index (χ1n) is 7.73. The first kappa shape index (κ1) is 17.7. The molecule has 0 saturated carbocycles. The van der Waals surface area contributed by atoms with E-state index in [1.54, 1.807) is 25.1 Å². The van der Waals surface area contributed by atoms with Crippen LogP contribution in [0.25, 0.3) is 6.08 Å². The first-order valence-corrected chi connectivity index (χ1v) is 9.93. The van der Waals surface area contributed by atoms with E-state index in [1.807, 2.05) is 0 Å². The normalized spacial score (nSPS) is 19.5. The zero-order chi connectivity index (χ0) is 18.2. The Balaban J connectivity index is 1.85. The van der Waals surface area contributed by atoms with Gasteiger partial charge in [-0.2, -0.15) is 5.10 Å². The van der Waals surface area contributed by atoms with Crippen molar-refractivity contribution in [3.63, 3.8) is 0 Å². The number of rotatable bonds is 4. The summed E-state index contributed by atoms with van der Waals surface area (Å²) in [7, 11) is -3.05. The van der Waals surface area contributed by atoms with Gasteiger partial charge in [0.15, 0.2) is 15.6 Å². The molecule has 1 atom stereocenters. The van der Waals surface area contributed by atoms with Gasteiger partial charge in [0.25, 0.3) is 0 Å². The third-order valence-corrected chi connectivity index (χ3v) is 6.28. The molecular weight excluding hydrogens is 364 g/mol. The smallest absolute Gasteiger partial charge is 0.185 e. The summed E-state index contributed by atoms with van der Waals surface area (Å²) in [6, 6.07) is 5.79. The van der Waals surface area contributed by atoms with Gasteiger partial charge in [-0.25, -0.2) is 13.1 Å². The van der Waals surface area contributed by atoms with Crippen LogP contribution < -0.4 is 0 Å². The predicted octanol–water partition coefficient (Wildman–Crippen LogP) is 2.81. The minimum Gasteiger partial charge on any atom is -0.508 e. The van der Waals surface area contributed by atoms with Crippen molar-refractivity contribution in [3.05, 3.63) is 52.3 Å². The van der Waals surface area contributed by atoms with Gasteiger partial charge in [0, 0.05) is 11.1 Å². The summed E-state index contributed by atoms with van der Waals surface area (Å²) in [5.41, 5.74) is 1.56. The lowest BCUT2D eigenvalue weighted by Crippen LogP contribution is -2.12. The number of ketones is 1. The summed E-state index contributed by atoms with van der Waals surface area (Å²) in [4.78, 5) is 12.2. The molecule has 1 aromatic carbocycles. The first-order chi connectivity index (χ1) is 11.8. The van der Waals surface area contributed by atoms with Crippen LogP contribution in [0.3, 0.4) is 0 Å². The molecule has 25 heavy (non-hydrogen) atoms. The number of halogens is 1. The lowest BCUT2D eigenvalue weighted by atomic mass is 10.1. The fraction of sp³-hybridized carbons (Fsp3) is 0.294. The Morgan fingerprint density at radius 3 is 2.84 bits per heavy atom. The number of carbonyl (C=O) groups excluding carboxylic acids is 1. The van der Waals surface area contributed by atoms with Gasteiger partial charge in [-0.3, -0.25) is 4.79 Å². The lowest BCUT2D eigenvalue weighted by Gasteiger charge is -2.09. The maximum Gasteiger partial charge on any atom is 0.185 e. The largest absolute Gasteiger partial charge is 0.508 e. The second kappa shape index (κ2) is 6.65. The minimum absolute atomic E-state index is 0.0173. The molecule has 3 rings (SSSR count). The topological polar surface area (TPSA) is 89.3 Å². The van der Waals surface area contributed by atoms with Gasteiger partial charge in [0.1, 0.15) is 10.9 Å². The van der Waals surface area contributed by atoms with Gasteiger partial charge < -0.3 is 5.11 Å². The van der Waals surface area contributed by atoms with E-state index in [2.05, 4.69) is 5.10 Å². The predicted molar refractivity (Wildman–Crippen MR) is 95.8 cm³/mol. The quantitative estimate of drug-likeness (QED) is 0.650. The van der Waals surface area contributed by atoms with Crippen molar-refractivity contribution >= 4 is 33.3 Å². The molecule has 132 valence electrons. The van der Waals surface area contributed by atoms with Crippen molar-refractivity contribution < 1.29 is 18.3 Å². The van der Waals surface area contributed by atoms with Crippen molar-refractivity contribution in [2.24, 2.45) is 0 Å². The number of benzene rings is 1. The van der Waals surface area contributed by atoms with Crippen LogP contribution in [-0.4, -0.2) is 40.6 Å². The number of aromatic hydroxyl groups is 1. The fourth-order valence-electron chi connectivity index (χ4n) is 2.85. The highest BCUT2D eigenvalue weighted by Crippen LogP contribution is 2.30. The van der Waals surface area contributed by atoms with Crippen molar-refractivity contribution in [2.75, 3.05) is 11.5 Å². The summed E-state index contributed by atoms with van der Waals surface area (Å²) in [6.45, 7) is 1.75. The van der Waals surface area contributed by atoms with Gasteiger partial charge in [0.2, 0.25) is 0 Å². The molecule has 0 aliphatic carbocycles. The average molecular weight is 381 g/mol. The number of nitrogens with zero attached hydrogens (tertiary/aromatic N) is 2. The van der Waals surface area contributed by atoms with E-state index in [0.717, 1.165) is 0 Å². The van der Waals surface area contributed by atoms with E-state index in [4.69, 9.17) is 11.6 Å². The number of sulfone groups is 1. The molecule has 1 aliphatic heterocycles. The molecule has 0 spiro atoms. The molecule has 1 aromatic heterocycles. The van der Waals surface area contributed by atoms with Gasteiger partial charge in [-0.15, -0.1) is 0 Å². The fourth-order valence-corrected chi connectivity index (χ4v) is 4.91. The Kier molecular flexibility index (Phi) is 4.71. The van der Waals surface area contributed by atoms with Crippen LogP contribution >= 0.6 is 11.6 Å². The standard InChI is InChI=1S/C17H17ClN2O4S/c1-11-15(5-6-16(22)12-3-2-4-14(21)9-12)17(18)20(19-11)13-7-8-25(23,24)10-13/h2-6,9,13,21H,7-8,10H2,1H3/b6-5+/t13-/m1/s1. The highest BCUT2D eigenvalue weighted by atomic mass is 35.5. The molecule has 8 heteroatoms. The van der Waals surface area contributed by atoms with Crippen molar-refractivity contribution in [3.8, 4) is 5.75 Å². The molecule has 1 fully saturated rings. The van der Waals surface area contributed by atoms with E-state index in [0.29, 0.717) is 28.4 Å². The Bertz CT molecular complexity index is 963. The summed E-state index contributed by atoms with van der Waals surface area (Å²) >= 11 is 6.36. The van der Waals surface area contributed by atoms with Gasteiger partial charge in [-0.1, -0.05) is 23.7 Å². The van der Waals surface area contributed by atoms with Crippen molar-refractivity contribution in [1.29, 1.82) is 0 Å². The van der Waals surface area contributed by atoms with E-state index in [1.165, 1.54) is 22.9 Å². The Morgan fingerprint density at radius 2 is 2.20 bits per heavy atom. The second-order valence-electron chi connectivity index (χ2n) is 6.04. The van der Waals surface area contributed by atoms with E-state index in [-0.39, 0.29) is 29.1 Å². The number of aryl methyl sites for hydroxylation is 1. The number of carbonyl (C=O) groups is 1. The van der Waals surface area contributed by atoms with Crippen molar-refractivity contribution in [2.45, 2.75) is 19.4 Å². The van der Waals surface area contributed by atoms with E-state index < -0.39 is 9.84 Å². The summed E-state index contributed by atoms with van der Waals surface area (Å²) in [5, 5.41) is 14.1. The van der Waals surface area contributed by atoms with Gasteiger partial charge in [-0.05, 0) is 37.6 Å². The average Bonchev–Trinajstić information content (AvgIpc) is 3.04. The molecule has 1 saturated heterocycles. The molecular formula is C17H17ClN2O4S. The van der Waals surface area contributed by atoms with Gasteiger partial charge >= 0.3 is 0 Å². The van der Waals surface area contributed by atoms with Crippen LogP contribution in [0.5, 0.6) is 5.75 Å². The molecule has 0 amide bonds. The highest BCUT2D eigenvalue weighted by molar-refractivity contribution is 7.91.